The van der Waals surface area contributed by atoms with E-state index in [-0.39, 0.29) is 11.4 Å². The van der Waals surface area contributed by atoms with Gasteiger partial charge in [0.2, 0.25) is 0 Å². The molecule has 0 aromatic heterocycles. The van der Waals surface area contributed by atoms with Crippen LogP contribution in [0.3, 0.4) is 0 Å². The molecule has 25 heavy (non-hydrogen) atoms. The second kappa shape index (κ2) is 6.43. The molecule has 2 aromatic carbocycles. The number of aliphatic hydroxyl groups excluding tert-OH is 1. The number of aryl methyl sites for hydroxylation is 1. The molecule has 0 unspecified atom stereocenters. The number of anilines is 1. The van der Waals surface area contributed by atoms with Crippen LogP contribution in [0, 0.1) is 6.92 Å². The molecular weight excluding hydrogens is 318 g/mol. The Kier molecular flexibility index (Phi) is 4.31. The molecule has 5 heteroatoms. The third kappa shape index (κ3) is 2.89. The third-order valence-electron chi connectivity index (χ3n) is 4.33. The Bertz CT molecular complexity index is 850. The average molecular weight is 337 g/mol. The number of rotatable bonds is 4. The van der Waals surface area contributed by atoms with Crippen molar-refractivity contribution in [1.82, 2.24) is 0 Å². The molecule has 1 aliphatic heterocycles. The lowest BCUT2D eigenvalue weighted by atomic mass is 9.96. The molecule has 0 spiro atoms. The Morgan fingerprint density at radius 2 is 1.68 bits per heavy atom. The minimum absolute atomic E-state index is 0.107. The fraction of sp³-hybridized carbons (Fsp3) is 0.200. The van der Waals surface area contributed by atoms with Crippen LogP contribution in [0.4, 0.5) is 5.69 Å². The monoisotopic (exact) mass is 337 g/mol. The number of methoxy groups -OCH3 is 1. The Balaban J connectivity index is 2.13. The van der Waals surface area contributed by atoms with Gasteiger partial charge in [0, 0.05) is 5.69 Å². The van der Waals surface area contributed by atoms with Gasteiger partial charge in [-0.05, 0) is 43.7 Å². The Labute approximate surface area is 146 Å². The van der Waals surface area contributed by atoms with Gasteiger partial charge in [0.1, 0.15) is 5.75 Å². The van der Waals surface area contributed by atoms with Gasteiger partial charge in [0.15, 0.2) is 11.5 Å². The van der Waals surface area contributed by atoms with Crippen molar-refractivity contribution in [1.29, 1.82) is 0 Å². The van der Waals surface area contributed by atoms with E-state index >= 15 is 0 Å². The number of hydrogen-bond donors (Lipinski definition) is 1. The molecule has 5 nitrogen and oxygen atoms in total. The zero-order valence-electron chi connectivity index (χ0n) is 14.3. The highest BCUT2D eigenvalue weighted by molar-refractivity contribution is 6.16. The predicted molar refractivity (Wildman–Crippen MR) is 94.7 cm³/mol. The van der Waals surface area contributed by atoms with Gasteiger partial charge in [-0.15, -0.1) is 0 Å². The summed E-state index contributed by atoms with van der Waals surface area (Å²) >= 11 is 0. The van der Waals surface area contributed by atoms with E-state index in [2.05, 4.69) is 0 Å². The van der Waals surface area contributed by atoms with E-state index in [0.29, 0.717) is 11.4 Å². The molecule has 0 radical (unpaired) electrons. The molecule has 0 saturated heterocycles. The number of benzene rings is 2. The molecule has 1 atom stereocenters. The van der Waals surface area contributed by atoms with E-state index in [4.69, 9.17) is 4.74 Å². The number of ketones is 1. The number of aliphatic hydroxyl groups is 1. The SMILES string of the molecule is COc1ccc([C@@H]2C(C(C)=O)=C(O)C(=O)N2c2ccc(C)cc2)cc1. The number of nitrogens with zero attached hydrogens (tertiary/aromatic N) is 1. The van der Waals surface area contributed by atoms with Crippen molar-refractivity contribution in [3.63, 3.8) is 0 Å². The lowest BCUT2D eigenvalue weighted by Crippen LogP contribution is -2.30. The fourth-order valence-corrected chi connectivity index (χ4v) is 3.04. The second-order valence-electron chi connectivity index (χ2n) is 6.00. The van der Waals surface area contributed by atoms with Gasteiger partial charge in [-0.3, -0.25) is 14.5 Å². The standard InChI is InChI=1S/C20H19NO4/c1-12-4-8-15(9-5-12)21-18(14-6-10-16(25-3)11-7-14)17(13(2)22)19(23)20(21)24/h4-11,18,23H,1-3H3/t18-/m1/s1. The first-order valence-corrected chi connectivity index (χ1v) is 7.92. The average Bonchev–Trinajstić information content (AvgIpc) is 2.87. The molecule has 1 amide bonds. The van der Waals surface area contributed by atoms with Crippen LogP contribution in [0.25, 0.3) is 0 Å². The molecule has 0 saturated carbocycles. The van der Waals surface area contributed by atoms with Crippen molar-refractivity contribution < 1.29 is 19.4 Å². The molecule has 0 bridgehead atoms. The van der Waals surface area contributed by atoms with E-state index in [1.165, 1.54) is 11.8 Å². The van der Waals surface area contributed by atoms with Crippen LogP contribution in [0.5, 0.6) is 5.75 Å². The summed E-state index contributed by atoms with van der Waals surface area (Å²) in [4.78, 5) is 26.2. The summed E-state index contributed by atoms with van der Waals surface area (Å²) in [5.41, 5.74) is 2.51. The molecule has 1 heterocycles. The maximum absolute atomic E-state index is 12.7. The lowest BCUT2D eigenvalue weighted by Gasteiger charge is -2.27. The highest BCUT2D eigenvalue weighted by atomic mass is 16.5. The first-order chi connectivity index (χ1) is 11.9. The van der Waals surface area contributed by atoms with Crippen molar-refractivity contribution in [3.05, 3.63) is 71.0 Å². The second-order valence-corrected chi connectivity index (χ2v) is 6.00. The Hall–Kier alpha value is -3.08. The Morgan fingerprint density at radius 1 is 1.08 bits per heavy atom. The van der Waals surface area contributed by atoms with Crippen LogP contribution in [-0.4, -0.2) is 23.9 Å². The minimum Gasteiger partial charge on any atom is -0.503 e. The predicted octanol–water partition coefficient (Wildman–Crippen LogP) is 3.49. The summed E-state index contributed by atoms with van der Waals surface area (Å²) in [6, 6.07) is 13.8. The highest BCUT2D eigenvalue weighted by Crippen LogP contribution is 2.41. The molecule has 3 rings (SSSR count). The van der Waals surface area contributed by atoms with Gasteiger partial charge >= 0.3 is 0 Å². The van der Waals surface area contributed by atoms with Crippen molar-refractivity contribution in [2.24, 2.45) is 0 Å². The summed E-state index contributed by atoms with van der Waals surface area (Å²) in [5.74, 6) is -0.724. The molecule has 1 N–H and O–H groups in total. The third-order valence-corrected chi connectivity index (χ3v) is 4.33. The van der Waals surface area contributed by atoms with Crippen molar-refractivity contribution in [3.8, 4) is 5.75 Å². The number of hydrogen-bond acceptors (Lipinski definition) is 4. The number of amides is 1. The fourth-order valence-electron chi connectivity index (χ4n) is 3.04. The van der Waals surface area contributed by atoms with Gasteiger partial charge in [0.25, 0.3) is 5.91 Å². The molecule has 128 valence electrons. The van der Waals surface area contributed by atoms with E-state index < -0.39 is 17.7 Å². The summed E-state index contributed by atoms with van der Waals surface area (Å²) in [6.07, 6.45) is 0. The Morgan fingerprint density at radius 3 is 2.20 bits per heavy atom. The van der Waals surface area contributed by atoms with Crippen molar-refractivity contribution in [2.75, 3.05) is 12.0 Å². The number of carbonyl (C=O) groups is 2. The van der Waals surface area contributed by atoms with Gasteiger partial charge in [0.05, 0.1) is 18.7 Å². The van der Waals surface area contributed by atoms with Crippen LogP contribution in [0.1, 0.15) is 24.1 Å². The van der Waals surface area contributed by atoms with E-state index in [9.17, 15) is 14.7 Å². The normalized spacial score (nSPS) is 17.2. The van der Waals surface area contributed by atoms with Crippen LogP contribution < -0.4 is 9.64 Å². The smallest absolute Gasteiger partial charge is 0.294 e. The quantitative estimate of drug-likeness (QED) is 0.927. The van der Waals surface area contributed by atoms with E-state index in [1.54, 1.807) is 43.5 Å². The number of ether oxygens (including phenoxy) is 1. The molecule has 2 aromatic rings. The minimum atomic E-state index is -0.668. The van der Waals surface area contributed by atoms with Crippen LogP contribution in [-0.2, 0) is 9.59 Å². The number of carbonyl (C=O) groups excluding carboxylic acids is 2. The molecule has 1 aliphatic rings. The summed E-state index contributed by atoms with van der Waals surface area (Å²) in [7, 11) is 1.57. The summed E-state index contributed by atoms with van der Waals surface area (Å²) in [5, 5.41) is 10.3. The maximum Gasteiger partial charge on any atom is 0.294 e. The first-order valence-electron chi connectivity index (χ1n) is 7.92. The molecule has 0 aliphatic carbocycles. The lowest BCUT2D eigenvalue weighted by molar-refractivity contribution is -0.117. The maximum atomic E-state index is 12.7. The molecular formula is C20H19NO4. The van der Waals surface area contributed by atoms with Crippen LogP contribution in [0.15, 0.2) is 59.9 Å². The van der Waals surface area contributed by atoms with Gasteiger partial charge in [-0.25, -0.2) is 0 Å². The highest BCUT2D eigenvalue weighted by Gasteiger charge is 2.43. The largest absolute Gasteiger partial charge is 0.503 e. The zero-order chi connectivity index (χ0) is 18.1. The van der Waals surface area contributed by atoms with Crippen molar-refractivity contribution >= 4 is 17.4 Å². The van der Waals surface area contributed by atoms with Gasteiger partial charge in [-0.1, -0.05) is 29.8 Å². The number of Topliss-reactive ketones (excluding diaryl/α,β-unsaturated/α-hetero) is 1. The van der Waals surface area contributed by atoms with E-state index in [0.717, 1.165) is 11.1 Å². The first kappa shape index (κ1) is 16.8. The van der Waals surface area contributed by atoms with Crippen LogP contribution >= 0.6 is 0 Å². The molecule has 0 fully saturated rings. The van der Waals surface area contributed by atoms with Gasteiger partial charge in [-0.2, -0.15) is 0 Å². The van der Waals surface area contributed by atoms with Crippen molar-refractivity contribution in [2.45, 2.75) is 19.9 Å². The van der Waals surface area contributed by atoms with Crippen LogP contribution in [0.2, 0.25) is 0 Å². The van der Waals surface area contributed by atoms with E-state index in [1.807, 2.05) is 19.1 Å². The summed E-state index contributed by atoms with van der Waals surface area (Å²) < 4.78 is 5.16. The summed E-state index contributed by atoms with van der Waals surface area (Å²) in [6.45, 7) is 3.31. The zero-order valence-corrected chi connectivity index (χ0v) is 14.3. The topological polar surface area (TPSA) is 66.8 Å². The van der Waals surface area contributed by atoms with Gasteiger partial charge < -0.3 is 9.84 Å².